The lowest BCUT2D eigenvalue weighted by Gasteiger charge is -2.11. The van der Waals surface area contributed by atoms with E-state index in [0.29, 0.717) is 16.4 Å². The van der Waals surface area contributed by atoms with Gasteiger partial charge in [0.25, 0.3) is 0 Å². The van der Waals surface area contributed by atoms with Crippen molar-refractivity contribution in [2.45, 2.75) is 6.42 Å². The van der Waals surface area contributed by atoms with Crippen LogP contribution in [0.5, 0.6) is 0 Å². The van der Waals surface area contributed by atoms with Gasteiger partial charge >= 0.3 is 5.97 Å². The standard InChI is InChI=1S/C15H13FN2O2S/c16-11-2-1-3-13(9-11)18-15(21)17-12-6-4-10(5-7-12)8-14(19)20/h1-7,9H,8H2,(H,19,20)(H2,17,18,21). The number of rotatable bonds is 4. The number of carbonyl (C=O) groups is 1. The van der Waals surface area contributed by atoms with Crippen LogP contribution in [0.25, 0.3) is 0 Å². The van der Waals surface area contributed by atoms with Crippen molar-refractivity contribution >= 4 is 34.7 Å². The van der Waals surface area contributed by atoms with E-state index in [1.165, 1.54) is 12.1 Å². The lowest BCUT2D eigenvalue weighted by Crippen LogP contribution is -2.19. The van der Waals surface area contributed by atoms with Crippen molar-refractivity contribution in [3.63, 3.8) is 0 Å². The Morgan fingerprint density at radius 3 is 2.38 bits per heavy atom. The van der Waals surface area contributed by atoms with Crippen molar-refractivity contribution in [1.29, 1.82) is 0 Å². The highest BCUT2D eigenvalue weighted by Crippen LogP contribution is 2.13. The van der Waals surface area contributed by atoms with Gasteiger partial charge in [-0.3, -0.25) is 4.79 Å². The number of hydrogen-bond acceptors (Lipinski definition) is 2. The van der Waals surface area contributed by atoms with Gasteiger partial charge in [0.2, 0.25) is 0 Å². The van der Waals surface area contributed by atoms with Gasteiger partial charge in [0, 0.05) is 11.4 Å². The normalized spacial score (nSPS) is 9.95. The summed E-state index contributed by atoms with van der Waals surface area (Å²) in [5.41, 5.74) is 1.98. The van der Waals surface area contributed by atoms with E-state index in [0.717, 1.165) is 5.69 Å². The molecule has 3 N–H and O–H groups in total. The van der Waals surface area contributed by atoms with Crippen molar-refractivity contribution in [3.8, 4) is 0 Å². The molecular weight excluding hydrogens is 291 g/mol. The van der Waals surface area contributed by atoms with Crippen LogP contribution >= 0.6 is 12.2 Å². The van der Waals surface area contributed by atoms with Crippen molar-refractivity contribution in [1.82, 2.24) is 0 Å². The number of thiocarbonyl (C=S) groups is 1. The molecule has 2 aromatic rings. The van der Waals surface area contributed by atoms with Crippen LogP contribution in [0, 0.1) is 5.82 Å². The van der Waals surface area contributed by atoms with E-state index < -0.39 is 5.97 Å². The lowest BCUT2D eigenvalue weighted by atomic mass is 10.1. The Kier molecular flexibility index (Phi) is 4.84. The van der Waals surface area contributed by atoms with Crippen molar-refractivity contribution in [2.75, 3.05) is 10.6 Å². The highest BCUT2D eigenvalue weighted by Gasteiger charge is 2.02. The smallest absolute Gasteiger partial charge is 0.307 e. The molecule has 0 atom stereocenters. The Bertz CT molecular complexity index is 659. The summed E-state index contributed by atoms with van der Waals surface area (Å²) in [4.78, 5) is 10.6. The number of aliphatic carboxylic acids is 1. The van der Waals surface area contributed by atoms with E-state index in [4.69, 9.17) is 17.3 Å². The van der Waals surface area contributed by atoms with Crippen LogP contribution in [-0.4, -0.2) is 16.2 Å². The van der Waals surface area contributed by atoms with Crippen LogP contribution in [0.2, 0.25) is 0 Å². The Balaban J connectivity index is 1.95. The van der Waals surface area contributed by atoms with Gasteiger partial charge in [-0.2, -0.15) is 0 Å². The number of anilines is 2. The molecule has 21 heavy (non-hydrogen) atoms. The Morgan fingerprint density at radius 1 is 1.10 bits per heavy atom. The van der Waals surface area contributed by atoms with E-state index >= 15 is 0 Å². The van der Waals surface area contributed by atoms with Gasteiger partial charge < -0.3 is 15.7 Å². The summed E-state index contributed by atoms with van der Waals surface area (Å²) in [6.45, 7) is 0. The summed E-state index contributed by atoms with van der Waals surface area (Å²) < 4.78 is 13.0. The van der Waals surface area contributed by atoms with Gasteiger partial charge in [0.1, 0.15) is 5.82 Å². The van der Waals surface area contributed by atoms with Crippen LogP contribution in [0.15, 0.2) is 48.5 Å². The number of carboxylic acid groups (broad SMARTS) is 1. The van der Waals surface area contributed by atoms with Crippen molar-refractivity contribution in [2.24, 2.45) is 0 Å². The van der Waals surface area contributed by atoms with Gasteiger partial charge in [-0.05, 0) is 48.1 Å². The van der Waals surface area contributed by atoms with E-state index in [1.807, 2.05) is 0 Å². The zero-order valence-electron chi connectivity index (χ0n) is 11.0. The first-order valence-electron chi connectivity index (χ1n) is 6.17. The number of carboxylic acids is 1. The molecule has 0 bridgehead atoms. The first kappa shape index (κ1) is 14.9. The molecule has 0 aliphatic heterocycles. The molecule has 0 saturated carbocycles. The maximum atomic E-state index is 13.0. The van der Waals surface area contributed by atoms with E-state index in [9.17, 15) is 9.18 Å². The molecule has 0 aliphatic carbocycles. The summed E-state index contributed by atoms with van der Waals surface area (Å²) in [5, 5.41) is 14.8. The molecule has 0 fully saturated rings. The van der Waals surface area contributed by atoms with Crippen LogP contribution in [-0.2, 0) is 11.2 Å². The fourth-order valence-corrected chi connectivity index (χ4v) is 1.98. The molecule has 0 radical (unpaired) electrons. The summed E-state index contributed by atoms with van der Waals surface area (Å²) >= 11 is 5.13. The maximum absolute atomic E-state index is 13.0. The zero-order valence-corrected chi connectivity index (χ0v) is 11.8. The van der Waals surface area contributed by atoms with E-state index in [-0.39, 0.29) is 12.2 Å². The van der Waals surface area contributed by atoms with Crippen LogP contribution in [0.1, 0.15) is 5.56 Å². The quantitative estimate of drug-likeness (QED) is 0.757. The fraction of sp³-hybridized carbons (Fsp3) is 0.0667. The lowest BCUT2D eigenvalue weighted by molar-refractivity contribution is -0.136. The Hall–Kier alpha value is -2.47. The molecular formula is C15H13FN2O2S. The third kappa shape index (κ3) is 4.85. The molecule has 2 rings (SSSR count). The van der Waals surface area contributed by atoms with Gasteiger partial charge in [-0.25, -0.2) is 4.39 Å². The molecule has 0 unspecified atom stereocenters. The van der Waals surface area contributed by atoms with E-state index in [1.54, 1.807) is 36.4 Å². The second kappa shape index (κ2) is 6.81. The van der Waals surface area contributed by atoms with Gasteiger partial charge in [-0.15, -0.1) is 0 Å². The largest absolute Gasteiger partial charge is 0.481 e. The summed E-state index contributed by atoms with van der Waals surface area (Å²) in [6.07, 6.45) is -0.0216. The molecule has 2 aromatic carbocycles. The van der Waals surface area contributed by atoms with Crippen LogP contribution in [0.4, 0.5) is 15.8 Å². The number of hydrogen-bond donors (Lipinski definition) is 3. The predicted octanol–water partition coefficient (Wildman–Crippen LogP) is 3.26. The summed E-state index contributed by atoms with van der Waals surface area (Å²) in [7, 11) is 0. The molecule has 0 spiro atoms. The number of halogens is 1. The molecule has 0 heterocycles. The molecule has 108 valence electrons. The second-order valence-electron chi connectivity index (χ2n) is 4.36. The maximum Gasteiger partial charge on any atom is 0.307 e. The topological polar surface area (TPSA) is 61.4 Å². The highest BCUT2D eigenvalue weighted by molar-refractivity contribution is 7.80. The molecule has 0 amide bonds. The van der Waals surface area contributed by atoms with Crippen LogP contribution < -0.4 is 10.6 Å². The van der Waals surface area contributed by atoms with Gasteiger partial charge in [-0.1, -0.05) is 18.2 Å². The SMILES string of the molecule is O=C(O)Cc1ccc(NC(=S)Nc2cccc(F)c2)cc1. The minimum atomic E-state index is -0.876. The molecule has 0 saturated heterocycles. The van der Waals surface area contributed by atoms with Crippen molar-refractivity contribution in [3.05, 3.63) is 59.9 Å². The average molecular weight is 304 g/mol. The molecule has 4 nitrogen and oxygen atoms in total. The average Bonchev–Trinajstić information content (AvgIpc) is 2.40. The minimum absolute atomic E-state index is 0.0216. The van der Waals surface area contributed by atoms with Gasteiger partial charge in [0.15, 0.2) is 5.11 Å². The third-order valence-corrected chi connectivity index (χ3v) is 2.85. The second-order valence-corrected chi connectivity index (χ2v) is 4.77. The Labute approximate surface area is 126 Å². The van der Waals surface area contributed by atoms with Gasteiger partial charge in [0.05, 0.1) is 6.42 Å². The Morgan fingerprint density at radius 2 is 1.76 bits per heavy atom. The molecule has 6 heteroatoms. The monoisotopic (exact) mass is 304 g/mol. The summed E-state index contributed by atoms with van der Waals surface area (Å²) in [5.74, 6) is -1.22. The molecule has 0 aromatic heterocycles. The predicted molar refractivity (Wildman–Crippen MR) is 84.0 cm³/mol. The highest BCUT2D eigenvalue weighted by atomic mass is 32.1. The molecule has 0 aliphatic rings. The number of benzene rings is 2. The first-order chi connectivity index (χ1) is 10.0. The zero-order chi connectivity index (χ0) is 15.2. The fourth-order valence-electron chi connectivity index (χ4n) is 1.74. The third-order valence-electron chi connectivity index (χ3n) is 2.65. The van der Waals surface area contributed by atoms with Crippen molar-refractivity contribution < 1.29 is 14.3 Å². The first-order valence-corrected chi connectivity index (χ1v) is 6.58. The number of nitrogens with one attached hydrogen (secondary N) is 2. The summed E-state index contributed by atoms with van der Waals surface area (Å²) in [6, 6.07) is 12.9. The van der Waals surface area contributed by atoms with Crippen LogP contribution in [0.3, 0.4) is 0 Å². The minimum Gasteiger partial charge on any atom is -0.481 e. The van der Waals surface area contributed by atoms with E-state index in [2.05, 4.69) is 10.6 Å².